The minimum Gasteiger partial charge on any atom is -0.383 e. The number of hydrogen-bond acceptors (Lipinski definition) is 2. The summed E-state index contributed by atoms with van der Waals surface area (Å²) >= 11 is 0. The smallest absolute Gasteiger partial charge is 0.0597 e. The summed E-state index contributed by atoms with van der Waals surface area (Å²) in [6.07, 6.45) is 1.92. The molecule has 1 aromatic carbocycles. The maximum Gasteiger partial charge on any atom is 0.0597 e. The summed E-state index contributed by atoms with van der Waals surface area (Å²) in [6, 6.07) is 8.05. The molecule has 1 heterocycles. The van der Waals surface area contributed by atoms with Crippen LogP contribution in [0.25, 0.3) is 21.3 Å². The molecule has 0 aliphatic carbocycles. The predicted octanol–water partition coefficient (Wildman–Crippen LogP) is 2.89. The average molecular weight is 201 g/mol. The van der Waals surface area contributed by atoms with Crippen LogP contribution in [0.5, 0.6) is 0 Å². The summed E-state index contributed by atoms with van der Waals surface area (Å²) < 4.78 is 0. The number of aromatic amines is 1. The highest BCUT2D eigenvalue weighted by Crippen LogP contribution is 2.21. The van der Waals surface area contributed by atoms with Crippen LogP contribution in [0.1, 0.15) is 0 Å². The van der Waals surface area contributed by atoms with Gasteiger partial charge in [-0.15, -0.1) is 0 Å². The lowest BCUT2D eigenvalue weighted by molar-refractivity contribution is 1.01. The number of nitrogens with one attached hydrogen (secondary N) is 2. The summed E-state index contributed by atoms with van der Waals surface area (Å²) in [5.74, 6) is 0. The SMILES string of the molecule is [N-]=[N+]=NCCNc1c[nH]c2ccccc12. The normalized spacial score (nSPS) is 9.87. The van der Waals surface area contributed by atoms with Gasteiger partial charge in [-0.05, 0) is 11.6 Å². The molecule has 15 heavy (non-hydrogen) atoms. The average Bonchev–Trinajstić information content (AvgIpc) is 2.68. The molecule has 0 saturated carbocycles. The van der Waals surface area contributed by atoms with Crippen molar-refractivity contribution in [3.05, 3.63) is 40.9 Å². The Morgan fingerprint density at radius 3 is 3.13 bits per heavy atom. The number of benzene rings is 1. The molecule has 0 radical (unpaired) electrons. The molecule has 0 fully saturated rings. The van der Waals surface area contributed by atoms with Crippen molar-refractivity contribution in [1.29, 1.82) is 0 Å². The number of H-pyrrole nitrogens is 1. The molecule has 0 bridgehead atoms. The Morgan fingerprint density at radius 1 is 1.40 bits per heavy atom. The van der Waals surface area contributed by atoms with Gasteiger partial charge in [0.2, 0.25) is 0 Å². The second kappa shape index (κ2) is 4.39. The Bertz CT molecular complexity index is 495. The van der Waals surface area contributed by atoms with Crippen molar-refractivity contribution in [3.63, 3.8) is 0 Å². The molecule has 1 aromatic heterocycles. The number of para-hydroxylation sites is 1. The maximum absolute atomic E-state index is 8.12. The van der Waals surface area contributed by atoms with Crippen LogP contribution in [0.4, 0.5) is 5.69 Å². The van der Waals surface area contributed by atoms with Crippen LogP contribution in [0, 0.1) is 0 Å². The van der Waals surface area contributed by atoms with Crippen LogP contribution >= 0.6 is 0 Å². The fraction of sp³-hybridized carbons (Fsp3) is 0.200. The van der Waals surface area contributed by atoms with Crippen LogP contribution in [0.3, 0.4) is 0 Å². The van der Waals surface area contributed by atoms with E-state index in [2.05, 4.69) is 20.3 Å². The standard InChI is InChI=1S/C10H11N5/c11-15-14-6-5-12-10-7-13-9-4-2-1-3-8(9)10/h1-4,7,12-13H,5-6H2. The van der Waals surface area contributed by atoms with Gasteiger partial charge in [0.05, 0.1) is 5.69 Å². The van der Waals surface area contributed by atoms with Crippen molar-refractivity contribution in [3.8, 4) is 0 Å². The van der Waals surface area contributed by atoms with Crippen LogP contribution < -0.4 is 5.32 Å². The number of azide groups is 1. The summed E-state index contributed by atoms with van der Waals surface area (Å²) in [5, 5.41) is 7.82. The van der Waals surface area contributed by atoms with E-state index in [0.29, 0.717) is 13.1 Å². The first-order chi connectivity index (χ1) is 7.42. The first-order valence-electron chi connectivity index (χ1n) is 4.72. The maximum atomic E-state index is 8.12. The van der Waals surface area contributed by atoms with Crippen molar-refractivity contribution in [2.45, 2.75) is 0 Å². The van der Waals surface area contributed by atoms with Crippen LogP contribution in [-0.4, -0.2) is 18.1 Å². The number of hydrogen-bond donors (Lipinski definition) is 2. The Morgan fingerprint density at radius 2 is 2.27 bits per heavy atom. The summed E-state index contributed by atoms with van der Waals surface area (Å²) in [4.78, 5) is 5.86. The van der Waals surface area contributed by atoms with Gasteiger partial charge in [-0.2, -0.15) is 0 Å². The monoisotopic (exact) mass is 201 g/mol. The van der Waals surface area contributed by atoms with Gasteiger partial charge < -0.3 is 10.3 Å². The van der Waals surface area contributed by atoms with Crippen molar-refractivity contribution in [1.82, 2.24) is 4.98 Å². The Labute approximate surface area is 86.7 Å². The zero-order valence-corrected chi connectivity index (χ0v) is 8.14. The molecule has 0 aliphatic heterocycles. The van der Waals surface area contributed by atoms with Gasteiger partial charge in [0.15, 0.2) is 0 Å². The van der Waals surface area contributed by atoms with E-state index in [-0.39, 0.29) is 0 Å². The van der Waals surface area contributed by atoms with E-state index in [1.807, 2.05) is 30.5 Å². The molecule has 0 aliphatic rings. The first kappa shape index (κ1) is 9.43. The Balaban J connectivity index is 2.11. The largest absolute Gasteiger partial charge is 0.383 e. The number of nitrogens with zero attached hydrogens (tertiary/aromatic N) is 3. The zero-order chi connectivity index (χ0) is 10.5. The molecule has 2 aromatic rings. The van der Waals surface area contributed by atoms with Gasteiger partial charge in [0.25, 0.3) is 0 Å². The third kappa shape index (κ3) is 2.03. The molecular weight excluding hydrogens is 190 g/mol. The summed E-state index contributed by atoms with van der Waals surface area (Å²) in [5.41, 5.74) is 10.3. The molecule has 2 N–H and O–H groups in total. The molecule has 0 unspecified atom stereocenters. The molecule has 5 heteroatoms. The van der Waals surface area contributed by atoms with Crippen molar-refractivity contribution in [2.75, 3.05) is 18.4 Å². The predicted molar refractivity (Wildman–Crippen MR) is 60.8 cm³/mol. The van der Waals surface area contributed by atoms with Gasteiger partial charge in [-0.25, -0.2) is 0 Å². The van der Waals surface area contributed by atoms with E-state index in [9.17, 15) is 0 Å². The van der Waals surface area contributed by atoms with Crippen molar-refractivity contribution >= 4 is 16.6 Å². The highest BCUT2D eigenvalue weighted by Gasteiger charge is 2.00. The molecule has 76 valence electrons. The third-order valence-corrected chi connectivity index (χ3v) is 2.18. The molecule has 5 nitrogen and oxygen atoms in total. The van der Waals surface area contributed by atoms with E-state index in [1.54, 1.807) is 0 Å². The molecule has 0 amide bonds. The molecule has 0 spiro atoms. The van der Waals surface area contributed by atoms with E-state index in [1.165, 1.54) is 0 Å². The topological polar surface area (TPSA) is 76.6 Å². The number of aromatic nitrogens is 1. The fourth-order valence-electron chi connectivity index (χ4n) is 1.50. The summed E-state index contributed by atoms with van der Waals surface area (Å²) in [7, 11) is 0. The van der Waals surface area contributed by atoms with Crippen LogP contribution in [0.15, 0.2) is 35.6 Å². The van der Waals surface area contributed by atoms with Gasteiger partial charge in [0, 0.05) is 35.1 Å². The van der Waals surface area contributed by atoms with E-state index in [4.69, 9.17) is 5.53 Å². The lowest BCUT2D eigenvalue weighted by Gasteiger charge is -2.01. The number of anilines is 1. The van der Waals surface area contributed by atoms with Crippen LogP contribution in [-0.2, 0) is 0 Å². The summed E-state index contributed by atoms with van der Waals surface area (Å²) in [6.45, 7) is 1.10. The van der Waals surface area contributed by atoms with Crippen molar-refractivity contribution < 1.29 is 0 Å². The van der Waals surface area contributed by atoms with Gasteiger partial charge in [-0.3, -0.25) is 0 Å². The molecular formula is C10H11N5. The van der Waals surface area contributed by atoms with E-state index >= 15 is 0 Å². The lowest BCUT2D eigenvalue weighted by atomic mass is 10.2. The minimum absolute atomic E-state index is 0.454. The molecule has 0 saturated heterocycles. The quantitative estimate of drug-likeness (QED) is 0.339. The number of rotatable bonds is 4. The second-order valence-electron chi connectivity index (χ2n) is 3.13. The van der Waals surface area contributed by atoms with E-state index in [0.717, 1.165) is 16.6 Å². The molecule has 0 atom stereocenters. The van der Waals surface area contributed by atoms with Crippen LogP contribution in [0.2, 0.25) is 0 Å². The van der Waals surface area contributed by atoms with Gasteiger partial charge >= 0.3 is 0 Å². The number of fused-ring (bicyclic) bond motifs is 1. The van der Waals surface area contributed by atoms with Gasteiger partial charge in [0.1, 0.15) is 0 Å². The van der Waals surface area contributed by atoms with E-state index < -0.39 is 0 Å². The highest BCUT2D eigenvalue weighted by molar-refractivity contribution is 5.92. The lowest BCUT2D eigenvalue weighted by Crippen LogP contribution is -2.03. The molecule has 2 rings (SSSR count). The Kier molecular flexibility index (Phi) is 2.76. The minimum atomic E-state index is 0.454. The van der Waals surface area contributed by atoms with Gasteiger partial charge in [-0.1, -0.05) is 23.3 Å². The highest BCUT2D eigenvalue weighted by atomic mass is 15.1. The third-order valence-electron chi connectivity index (χ3n) is 2.18. The Hall–Kier alpha value is -2.13. The fourth-order valence-corrected chi connectivity index (χ4v) is 1.50. The second-order valence-corrected chi connectivity index (χ2v) is 3.13. The first-order valence-corrected chi connectivity index (χ1v) is 4.72. The van der Waals surface area contributed by atoms with Crippen molar-refractivity contribution in [2.24, 2.45) is 5.11 Å². The zero-order valence-electron chi connectivity index (χ0n) is 8.14.